The first-order valence-corrected chi connectivity index (χ1v) is 9.04. The number of ether oxygens (including phenoxy) is 2. The number of aliphatic hydroxyl groups excluding tert-OH is 1. The van der Waals surface area contributed by atoms with E-state index in [-0.39, 0.29) is 12.4 Å². The van der Waals surface area contributed by atoms with E-state index in [1.54, 1.807) is 0 Å². The van der Waals surface area contributed by atoms with Crippen LogP contribution in [0.15, 0.2) is 29.7 Å². The molecule has 0 radical (unpaired) electrons. The molecule has 2 heterocycles. The molecule has 12 nitrogen and oxygen atoms in total. The normalized spacial score (nSPS) is 24.0. The highest BCUT2D eigenvalue weighted by molar-refractivity contribution is 7.46. The van der Waals surface area contributed by atoms with Crippen LogP contribution in [-0.4, -0.2) is 61.9 Å². The van der Waals surface area contributed by atoms with E-state index in [1.165, 1.54) is 6.08 Å². The van der Waals surface area contributed by atoms with Gasteiger partial charge in [-0.15, -0.1) is 0 Å². The number of halogens is 2. The topological polar surface area (TPSA) is 169 Å². The zero-order valence-corrected chi connectivity index (χ0v) is 14.9. The lowest BCUT2D eigenvalue weighted by Crippen LogP contribution is -2.42. The predicted octanol–water partition coefficient (Wildman–Crippen LogP) is -0.0193. The fourth-order valence-electron chi connectivity index (χ4n) is 2.21. The van der Waals surface area contributed by atoms with Crippen molar-refractivity contribution < 1.29 is 47.0 Å². The van der Waals surface area contributed by atoms with Gasteiger partial charge in [0.1, 0.15) is 18.5 Å². The van der Waals surface area contributed by atoms with Gasteiger partial charge >= 0.3 is 25.5 Å². The fourth-order valence-corrected chi connectivity index (χ4v) is 2.55. The van der Waals surface area contributed by atoms with Crippen molar-refractivity contribution in [3.8, 4) is 0 Å². The van der Waals surface area contributed by atoms with E-state index in [1.807, 2.05) is 0 Å². The minimum atomic E-state index is -4.99. The highest BCUT2D eigenvalue weighted by Crippen LogP contribution is 2.44. The first kappa shape index (κ1) is 22.1. The third-order valence-electron chi connectivity index (χ3n) is 3.43. The zero-order valence-electron chi connectivity index (χ0n) is 14.0. The Morgan fingerprint density at radius 1 is 1.54 bits per heavy atom. The molecule has 15 heteroatoms. The van der Waals surface area contributed by atoms with Crippen LogP contribution in [0, 0.1) is 0 Å². The number of aromatic nitrogens is 2. The van der Waals surface area contributed by atoms with Crippen LogP contribution in [0.5, 0.6) is 0 Å². The first-order chi connectivity index (χ1) is 13.0. The Morgan fingerprint density at radius 3 is 2.79 bits per heavy atom. The molecule has 1 aromatic heterocycles. The van der Waals surface area contributed by atoms with Gasteiger partial charge in [-0.3, -0.25) is 14.4 Å². The van der Waals surface area contributed by atoms with E-state index in [4.69, 9.17) is 14.5 Å². The number of hydrogen-bond acceptors (Lipinski definition) is 8. The number of amides is 1. The van der Waals surface area contributed by atoms with Crippen molar-refractivity contribution >= 4 is 19.7 Å². The number of phosphoric ester groups is 1. The molecule has 1 aliphatic rings. The Kier molecular flexibility index (Phi) is 6.64. The van der Waals surface area contributed by atoms with Gasteiger partial charge in [0.05, 0.1) is 6.61 Å². The number of rotatable bonds is 7. The summed E-state index contributed by atoms with van der Waals surface area (Å²) in [4.78, 5) is 44.1. The summed E-state index contributed by atoms with van der Waals surface area (Å²) >= 11 is 0. The van der Waals surface area contributed by atoms with Crippen molar-refractivity contribution in [3.63, 3.8) is 0 Å². The Morgan fingerprint density at radius 2 is 2.21 bits per heavy atom. The first-order valence-electron chi connectivity index (χ1n) is 7.51. The molecule has 0 aliphatic carbocycles. The third kappa shape index (κ3) is 5.19. The highest BCUT2D eigenvalue weighted by Gasteiger charge is 2.60. The van der Waals surface area contributed by atoms with Gasteiger partial charge < -0.3 is 24.4 Å². The molecule has 4 N–H and O–H groups in total. The van der Waals surface area contributed by atoms with Crippen molar-refractivity contribution in [2.24, 2.45) is 0 Å². The molecule has 3 atom stereocenters. The average molecular weight is 427 g/mol. The molecule has 0 saturated carbocycles. The summed E-state index contributed by atoms with van der Waals surface area (Å²) in [5.41, 5.74) is -1.25. The summed E-state index contributed by atoms with van der Waals surface area (Å²) in [6, 6.07) is 1.00. The number of carbonyl (C=O) groups is 1. The number of anilines is 1. The van der Waals surface area contributed by atoms with Crippen LogP contribution in [0.25, 0.3) is 0 Å². The van der Waals surface area contributed by atoms with Gasteiger partial charge in [0, 0.05) is 6.20 Å². The second-order valence-electron chi connectivity index (χ2n) is 5.45. The largest absolute Gasteiger partial charge is 0.469 e. The summed E-state index contributed by atoms with van der Waals surface area (Å²) in [7, 11) is -4.99. The molecule has 1 fully saturated rings. The maximum absolute atomic E-state index is 14.3. The molecule has 3 unspecified atom stereocenters. The lowest BCUT2D eigenvalue weighted by atomic mass is 10.1. The summed E-state index contributed by atoms with van der Waals surface area (Å²) in [6.07, 6.45) is -5.50. The van der Waals surface area contributed by atoms with E-state index in [0.717, 1.165) is 12.3 Å². The van der Waals surface area contributed by atoms with Gasteiger partial charge in [-0.05, 0) is 6.07 Å². The van der Waals surface area contributed by atoms with Crippen LogP contribution in [-0.2, 0) is 18.6 Å². The molecule has 2 rings (SSSR count). The second-order valence-corrected chi connectivity index (χ2v) is 6.69. The lowest BCUT2D eigenvalue weighted by Gasteiger charge is -2.21. The molecule has 0 spiro atoms. The van der Waals surface area contributed by atoms with Crippen molar-refractivity contribution in [2.45, 2.75) is 24.4 Å². The van der Waals surface area contributed by atoms with E-state index in [0.29, 0.717) is 4.57 Å². The van der Waals surface area contributed by atoms with Crippen molar-refractivity contribution in [2.75, 3.05) is 18.5 Å². The van der Waals surface area contributed by atoms with E-state index >= 15 is 0 Å². The van der Waals surface area contributed by atoms with Crippen LogP contribution in [0.2, 0.25) is 0 Å². The summed E-state index contributed by atoms with van der Waals surface area (Å²) in [5.74, 6) is -4.30. The summed E-state index contributed by atoms with van der Waals surface area (Å²) in [5, 5.41) is 11.8. The van der Waals surface area contributed by atoms with E-state index in [9.17, 15) is 28.0 Å². The zero-order chi connectivity index (χ0) is 21.1. The highest BCUT2D eigenvalue weighted by atomic mass is 31.2. The second kappa shape index (κ2) is 8.43. The fraction of sp³-hybridized carbons (Fsp3) is 0.462. The number of aliphatic hydroxyl groups is 1. The van der Waals surface area contributed by atoms with E-state index < -0.39 is 50.6 Å². The van der Waals surface area contributed by atoms with Crippen molar-refractivity contribution in [1.29, 1.82) is 0 Å². The van der Waals surface area contributed by atoms with Gasteiger partial charge in [0.25, 0.3) is 0 Å². The van der Waals surface area contributed by atoms with Gasteiger partial charge in [-0.2, -0.15) is 13.8 Å². The quantitative estimate of drug-likeness (QED) is 0.343. The molecule has 0 bridgehead atoms. The van der Waals surface area contributed by atoms with Gasteiger partial charge in [0.15, 0.2) is 6.10 Å². The minimum absolute atomic E-state index is 0.110. The molecule has 28 heavy (non-hydrogen) atoms. The number of alkyl halides is 2. The predicted molar refractivity (Wildman–Crippen MR) is 86.5 cm³/mol. The molecule has 156 valence electrons. The van der Waals surface area contributed by atoms with Crippen LogP contribution >= 0.6 is 7.82 Å². The van der Waals surface area contributed by atoms with Gasteiger partial charge in [-0.1, -0.05) is 12.7 Å². The molecule has 1 aromatic rings. The maximum Gasteiger partial charge on any atom is 0.469 e. The molecular weight excluding hydrogens is 411 g/mol. The average Bonchev–Trinajstić information content (AvgIpc) is 2.81. The number of phosphoric acid groups is 1. The van der Waals surface area contributed by atoms with Gasteiger partial charge in [-0.25, -0.2) is 14.2 Å². The number of carbonyl (C=O) groups excluding carboxylic acids is 1. The lowest BCUT2D eigenvalue weighted by molar-refractivity contribution is -0.140. The Labute approximate surface area is 155 Å². The molecule has 0 aromatic carbocycles. The Balaban J connectivity index is 2.17. The van der Waals surface area contributed by atoms with Crippen LogP contribution < -0.4 is 11.0 Å². The smallest absolute Gasteiger partial charge is 0.445 e. The standard InChI is InChI=1S/C13H16F2N3O9P/c1-2-5-25-12(21)17-8-3-4-18(11(20)16-8)10-13(14,15)9(19)7(27-10)6-26-28(22,23)24/h2-4,7,9-10,19H,1,5-6H2,(H2,22,23,24)(H,16,17,20,21). The molecule has 1 aliphatic heterocycles. The van der Waals surface area contributed by atoms with Crippen LogP contribution in [0.1, 0.15) is 6.23 Å². The Bertz CT molecular complexity index is 843. The SMILES string of the molecule is C=CCOC(=O)Nc1ccn(C2OC(COP(=O)(O)O)C(O)C2(F)F)c(=O)n1. The van der Waals surface area contributed by atoms with Crippen LogP contribution in [0.3, 0.4) is 0 Å². The minimum Gasteiger partial charge on any atom is -0.445 e. The van der Waals surface area contributed by atoms with Crippen LogP contribution in [0.4, 0.5) is 19.4 Å². The monoisotopic (exact) mass is 427 g/mol. The number of hydrogen-bond donors (Lipinski definition) is 4. The number of nitrogens with one attached hydrogen (secondary N) is 1. The van der Waals surface area contributed by atoms with E-state index in [2.05, 4.69) is 26.1 Å². The molecular formula is C13H16F2N3O9P. The third-order valence-corrected chi connectivity index (χ3v) is 3.92. The molecule has 1 amide bonds. The maximum atomic E-state index is 14.3. The Hall–Kier alpha value is -2.22. The molecule has 1 saturated heterocycles. The summed E-state index contributed by atoms with van der Waals surface area (Å²) in [6.45, 7) is 2.17. The van der Waals surface area contributed by atoms with Crippen molar-refractivity contribution in [3.05, 3.63) is 35.4 Å². The number of nitrogens with zero attached hydrogens (tertiary/aromatic N) is 2. The van der Waals surface area contributed by atoms with Crippen molar-refractivity contribution in [1.82, 2.24) is 9.55 Å². The van der Waals surface area contributed by atoms with Gasteiger partial charge in [0.2, 0.25) is 6.23 Å². The summed E-state index contributed by atoms with van der Waals surface area (Å²) < 4.78 is 53.1.